The smallest absolute Gasteiger partial charge is 0.289 e. The van der Waals surface area contributed by atoms with Gasteiger partial charge in [-0.15, -0.1) is 11.3 Å². The molecule has 170 valence electrons. The summed E-state index contributed by atoms with van der Waals surface area (Å²) >= 11 is 1.65. The first-order valence-electron chi connectivity index (χ1n) is 10.9. The Labute approximate surface area is 193 Å². The van der Waals surface area contributed by atoms with Crippen LogP contribution in [0.2, 0.25) is 0 Å². The van der Waals surface area contributed by atoms with E-state index >= 15 is 0 Å². The van der Waals surface area contributed by atoms with E-state index in [9.17, 15) is 13.2 Å². The van der Waals surface area contributed by atoms with E-state index in [0.29, 0.717) is 32.6 Å². The Morgan fingerprint density at radius 2 is 1.78 bits per heavy atom. The number of furan rings is 1. The molecule has 1 aliphatic rings. The number of amides is 1. The molecule has 32 heavy (non-hydrogen) atoms. The maximum Gasteiger partial charge on any atom is 0.289 e. The molecule has 1 aliphatic heterocycles. The number of aryl methyl sites for hydroxylation is 1. The number of thiophene rings is 1. The first kappa shape index (κ1) is 22.8. The van der Waals surface area contributed by atoms with E-state index in [1.807, 2.05) is 49.4 Å². The van der Waals surface area contributed by atoms with E-state index in [1.54, 1.807) is 16.2 Å². The number of nitrogens with zero attached hydrogens (tertiary/aromatic N) is 2. The zero-order chi connectivity index (χ0) is 22.6. The summed E-state index contributed by atoms with van der Waals surface area (Å²) in [4.78, 5) is 17.3. The van der Waals surface area contributed by atoms with Crippen LogP contribution in [0.5, 0.6) is 0 Å². The Morgan fingerprint density at radius 1 is 1.03 bits per heavy atom. The Hall–Kier alpha value is -2.42. The molecule has 0 unspecified atom stereocenters. The van der Waals surface area contributed by atoms with E-state index in [-0.39, 0.29) is 16.8 Å². The van der Waals surface area contributed by atoms with Gasteiger partial charge in [-0.05, 0) is 56.0 Å². The molecule has 2 aromatic heterocycles. The fourth-order valence-corrected chi connectivity index (χ4v) is 6.22. The molecule has 6 nitrogen and oxygen atoms in total. The highest BCUT2D eigenvalue weighted by Crippen LogP contribution is 2.24. The molecular formula is C24H28N2O4S2. The van der Waals surface area contributed by atoms with Crippen LogP contribution in [-0.2, 0) is 23.0 Å². The van der Waals surface area contributed by atoms with Gasteiger partial charge in [-0.1, -0.05) is 36.8 Å². The Balaban J connectivity index is 1.53. The summed E-state index contributed by atoms with van der Waals surface area (Å²) in [6, 6.07) is 16.9. The lowest BCUT2D eigenvalue weighted by Crippen LogP contribution is -2.35. The van der Waals surface area contributed by atoms with Crippen LogP contribution in [0.3, 0.4) is 0 Å². The molecule has 1 aromatic carbocycles. The first-order valence-corrected chi connectivity index (χ1v) is 13.2. The van der Waals surface area contributed by atoms with E-state index in [2.05, 4.69) is 0 Å². The summed E-state index contributed by atoms with van der Waals surface area (Å²) in [7, 11) is -3.71. The lowest BCUT2D eigenvalue weighted by Gasteiger charge is -2.24. The molecule has 4 rings (SSSR count). The Morgan fingerprint density at radius 3 is 2.47 bits per heavy atom. The van der Waals surface area contributed by atoms with Gasteiger partial charge in [0, 0.05) is 29.4 Å². The van der Waals surface area contributed by atoms with Gasteiger partial charge in [0.15, 0.2) is 5.76 Å². The van der Waals surface area contributed by atoms with E-state index < -0.39 is 10.0 Å². The normalized spacial score (nSPS) is 15.0. The van der Waals surface area contributed by atoms with Gasteiger partial charge in [0.05, 0.1) is 6.54 Å². The van der Waals surface area contributed by atoms with Crippen molar-refractivity contribution in [1.82, 2.24) is 9.21 Å². The van der Waals surface area contributed by atoms with Gasteiger partial charge in [-0.2, -0.15) is 4.31 Å². The van der Waals surface area contributed by atoms with Gasteiger partial charge < -0.3 is 9.32 Å². The lowest BCUT2D eigenvalue weighted by atomic mass is 10.1. The zero-order valence-corrected chi connectivity index (χ0v) is 19.8. The maximum absolute atomic E-state index is 13.3. The number of piperidine rings is 1. The predicted octanol–water partition coefficient (Wildman–Crippen LogP) is 4.71. The SMILES string of the molecule is Cc1ccc(CN(CCc2ccccc2)C(=O)c2ccc(S(=O)(=O)N3CCCCC3)o2)s1. The molecule has 1 amide bonds. The average molecular weight is 473 g/mol. The summed E-state index contributed by atoms with van der Waals surface area (Å²) in [5, 5.41) is -0.155. The highest BCUT2D eigenvalue weighted by molar-refractivity contribution is 7.89. The molecule has 8 heteroatoms. The number of rotatable bonds is 8. The fourth-order valence-electron chi connectivity index (χ4n) is 3.88. The van der Waals surface area contributed by atoms with Gasteiger partial charge in [0.2, 0.25) is 5.09 Å². The molecular weight excluding hydrogens is 444 g/mol. The van der Waals surface area contributed by atoms with Crippen LogP contribution in [-0.4, -0.2) is 43.2 Å². The molecule has 3 aromatic rings. The molecule has 0 spiro atoms. The highest BCUT2D eigenvalue weighted by Gasteiger charge is 2.30. The second kappa shape index (κ2) is 10.0. The van der Waals surface area contributed by atoms with Crippen molar-refractivity contribution in [2.24, 2.45) is 0 Å². The van der Waals surface area contributed by atoms with Crippen LogP contribution in [0, 0.1) is 6.92 Å². The van der Waals surface area contributed by atoms with Crippen molar-refractivity contribution in [3.05, 3.63) is 75.7 Å². The molecule has 0 radical (unpaired) electrons. The van der Waals surface area contributed by atoms with Crippen molar-refractivity contribution in [3.8, 4) is 0 Å². The number of carbonyl (C=O) groups excluding carboxylic acids is 1. The minimum atomic E-state index is -3.71. The molecule has 0 atom stereocenters. The van der Waals surface area contributed by atoms with Gasteiger partial charge in [-0.3, -0.25) is 4.79 Å². The predicted molar refractivity (Wildman–Crippen MR) is 125 cm³/mol. The largest absolute Gasteiger partial charge is 0.438 e. The van der Waals surface area contributed by atoms with Gasteiger partial charge in [0.1, 0.15) is 0 Å². The van der Waals surface area contributed by atoms with Crippen LogP contribution in [0.25, 0.3) is 0 Å². The highest BCUT2D eigenvalue weighted by atomic mass is 32.2. The van der Waals surface area contributed by atoms with Crippen LogP contribution in [0.15, 0.2) is 64.1 Å². The minimum Gasteiger partial charge on any atom is -0.438 e. The topological polar surface area (TPSA) is 70.8 Å². The Bertz CT molecular complexity index is 1150. The van der Waals surface area contributed by atoms with E-state index in [4.69, 9.17) is 4.42 Å². The number of hydrogen-bond donors (Lipinski definition) is 0. The molecule has 0 bridgehead atoms. The average Bonchev–Trinajstić information content (AvgIpc) is 3.47. The molecule has 3 heterocycles. The van der Waals surface area contributed by atoms with Crippen molar-refractivity contribution < 1.29 is 17.6 Å². The van der Waals surface area contributed by atoms with Crippen LogP contribution < -0.4 is 0 Å². The summed E-state index contributed by atoms with van der Waals surface area (Å²) in [6.45, 7) is 3.99. The second-order valence-corrected chi connectivity index (χ2v) is 11.3. The minimum absolute atomic E-state index is 0.0573. The number of carbonyl (C=O) groups is 1. The monoisotopic (exact) mass is 472 g/mol. The van der Waals surface area contributed by atoms with Crippen molar-refractivity contribution in [2.45, 2.75) is 44.2 Å². The number of benzene rings is 1. The van der Waals surface area contributed by atoms with Crippen LogP contribution >= 0.6 is 11.3 Å². The summed E-state index contributed by atoms with van der Waals surface area (Å²) in [5.41, 5.74) is 1.14. The van der Waals surface area contributed by atoms with E-state index in [0.717, 1.165) is 29.7 Å². The van der Waals surface area contributed by atoms with Crippen LogP contribution in [0.1, 0.15) is 45.1 Å². The van der Waals surface area contributed by atoms with Crippen molar-refractivity contribution in [2.75, 3.05) is 19.6 Å². The maximum atomic E-state index is 13.3. The van der Waals surface area contributed by atoms with Crippen LogP contribution in [0.4, 0.5) is 0 Å². The quantitative estimate of drug-likeness (QED) is 0.476. The Kier molecular flexibility index (Phi) is 7.13. The summed E-state index contributed by atoms with van der Waals surface area (Å²) in [6.07, 6.45) is 3.43. The summed E-state index contributed by atoms with van der Waals surface area (Å²) in [5.74, 6) is -0.242. The standard InChI is InChI=1S/C24H28N2O4S2/c1-19-10-11-21(31-19)18-25(17-14-20-8-4-2-5-9-20)24(27)22-12-13-23(30-22)32(28,29)26-15-6-3-7-16-26/h2,4-5,8-13H,3,6-7,14-18H2,1H3. The summed E-state index contributed by atoms with van der Waals surface area (Å²) < 4.78 is 32.9. The first-order chi connectivity index (χ1) is 15.4. The molecule has 0 N–H and O–H groups in total. The second-order valence-electron chi connectivity index (χ2n) is 8.06. The third-order valence-corrected chi connectivity index (χ3v) is 8.40. The molecule has 0 aliphatic carbocycles. The van der Waals surface area contributed by atoms with Gasteiger partial charge in [-0.25, -0.2) is 8.42 Å². The van der Waals surface area contributed by atoms with Gasteiger partial charge in [0.25, 0.3) is 15.9 Å². The molecule has 1 fully saturated rings. The zero-order valence-electron chi connectivity index (χ0n) is 18.2. The molecule has 0 saturated carbocycles. The third kappa shape index (κ3) is 5.31. The third-order valence-electron chi connectivity index (χ3n) is 5.64. The number of sulfonamides is 1. The number of hydrogen-bond acceptors (Lipinski definition) is 5. The lowest BCUT2D eigenvalue weighted by molar-refractivity contribution is 0.0708. The van der Waals surface area contributed by atoms with Crippen molar-refractivity contribution in [1.29, 1.82) is 0 Å². The molecule has 1 saturated heterocycles. The van der Waals surface area contributed by atoms with Crippen molar-refractivity contribution >= 4 is 27.3 Å². The van der Waals surface area contributed by atoms with Gasteiger partial charge >= 0.3 is 0 Å². The fraction of sp³-hybridized carbons (Fsp3) is 0.375. The van der Waals surface area contributed by atoms with E-state index in [1.165, 1.54) is 21.3 Å². The van der Waals surface area contributed by atoms with Crippen molar-refractivity contribution in [3.63, 3.8) is 0 Å².